The van der Waals surface area contributed by atoms with Crippen molar-refractivity contribution in [3.8, 4) is 0 Å². The van der Waals surface area contributed by atoms with Crippen molar-refractivity contribution >= 4 is 34.2 Å². The van der Waals surface area contributed by atoms with Crippen LogP contribution < -0.4 is 9.62 Å². The van der Waals surface area contributed by atoms with E-state index in [0.29, 0.717) is 13.1 Å². The van der Waals surface area contributed by atoms with Crippen LogP contribution in [0.15, 0.2) is 36.4 Å². The molecular weight excluding hydrogens is 502 g/mol. The average molecular weight is 546 g/mol. The zero-order valence-electron chi connectivity index (χ0n) is 23.7. The van der Waals surface area contributed by atoms with Crippen molar-refractivity contribution in [2.24, 2.45) is 11.8 Å². The molecule has 1 saturated heterocycles. The predicted molar refractivity (Wildman–Crippen MR) is 158 cm³/mol. The maximum atomic E-state index is 13.3. The highest BCUT2D eigenvalue weighted by Crippen LogP contribution is 2.34. The van der Waals surface area contributed by atoms with Gasteiger partial charge in [-0.3, -0.25) is 4.79 Å². The Morgan fingerprint density at radius 3 is 2.24 bits per heavy atom. The molecule has 1 fully saturated rings. The molecule has 1 aliphatic rings. The van der Waals surface area contributed by atoms with Gasteiger partial charge < -0.3 is 9.80 Å². The van der Waals surface area contributed by atoms with Gasteiger partial charge in [0.1, 0.15) is 0 Å². The highest BCUT2D eigenvalue weighted by molar-refractivity contribution is 7.84. The van der Waals surface area contributed by atoms with Crippen molar-refractivity contribution in [1.82, 2.24) is 9.62 Å². The van der Waals surface area contributed by atoms with E-state index in [4.69, 9.17) is 11.6 Å². The van der Waals surface area contributed by atoms with Crippen molar-refractivity contribution in [2.45, 2.75) is 72.6 Å². The van der Waals surface area contributed by atoms with Gasteiger partial charge in [0, 0.05) is 48.8 Å². The number of nitrogens with one attached hydrogen (secondary N) is 1. The molecule has 3 rings (SSSR count). The Morgan fingerprint density at radius 2 is 1.68 bits per heavy atom. The third kappa shape index (κ3) is 7.58. The van der Waals surface area contributed by atoms with Gasteiger partial charge in [0.2, 0.25) is 5.91 Å². The largest absolute Gasteiger partial charge is 0.368 e. The fourth-order valence-corrected chi connectivity index (χ4v) is 6.06. The van der Waals surface area contributed by atoms with Crippen LogP contribution in [0.5, 0.6) is 0 Å². The summed E-state index contributed by atoms with van der Waals surface area (Å²) in [7, 11) is -1.17. The number of carbonyl (C=O) groups excluding carboxylic acids is 1. The van der Waals surface area contributed by atoms with Gasteiger partial charge in [0.05, 0.1) is 15.7 Å². The first kappa shape index (κ1) is 29.7. The van der Waals surface area contributed by atoms with E-state index in [0.717, 1.165) is 30.1 Å². The van der Waals surface area contributed by atoms with E-state index in [2.05, 4.69) is 48.6 Å². The van der Waals surface area contributed by atoms with Gasteiger partial charge in [-0.15, -0.1) is 0 Å². The number of carbonyl (C=O) groups is 1. The van der Waals surface area contributed by atoms with Gasteiger partial charge in [-0.2, -0.15) is 0 Å². The predicted octanol–water partition coefficient (Wildman–Crippen LogP) is 6.23. The minimum Gasteiger partial charge on any atom is -0.368 e. The Kier molecular flexibility index (Phi) is 9.87. The molecule has 1 aliphatic heterocycles. The molecular formula is C30H44ClN3O2S. The normalized spacial score (nSPS) is 17.1. The zero-order chi connectivity index (χ0) is 27.5. The molecule has 2 aromatic rings. The third-order valence-corrected chi connectivity index (χ3v) is 8.97. The van der Waals surface area contributed by atoms with Crippen LogP contribution >= 0.6 is 11.6 Å². The van der Waals surface area contributed by atoms with Crippen LogP contribution in [-0.4, -0.2) is 45.9 Å². The van der Waals surface area contributed by atoms with Crippen molar-refractivity contribution in [3.63, 3.8) is 0 Å². The van der Waals surface area contributed by atoms with Crippen molar-refractivity contribution in [1.29, 1.82) is 0 Å². The van der Waals surface area contributed by atoms with Crippen molar-refractivity contribution in [2.75, 3.05) is 31.1 Å². The average Bonchev–Trinajstić information content (AvgIpc) is 2.83. The second-order valence-corrected chi connectivity index (χ2v) is 14.2. The van der Waals surface area contributed by atoms with E-state index in [-0.39, 0.29) is 28.5 Å². The molecule has 1 N–H and O–H groups in total. The van der Waals surface area contributed by atoms with Gasteiger partial charge in [-0.25, -0.2) is 8.93 Å². The molecule has 37 heavy (non-hydrogen) atoms. The van der Waals surface area contributed by atoms with Gasteiger partial charge in [0.15, 0.2) is 0 Å². The summed E-state index contributed by atoms with van der Waals surface area (Å²) in [6, 6.07) is 12.4. The number of anilines is 1. The summed E-state index contributed by atoms with van der Waals surface area (Å²) in [5.41, 5.74) is 5.84. The molecule has 0 aromatic heterocycles. The summed E-state index contributed by atoms with van der Waals surface area (Å²) < 4.78 is 16.1. The first-order valence-corrected chi connectivity index (χ1v) is 14.9. The summed E-state index contributed by atoms with van der Waals surface area (Å²) in [6.07, 6.45) is 0.719. The summed E-state index contributed by atoms with van der Waals surface area (Å²) in [6.45, 7) is 19.5. The molecule has 0 aliphatic carbocycles. The van der Waals surface area contributed by atoms with E-state index < -0.39 is 11.0 Å². The van der Waals surface area contributed by atoms with Crippen LogP contribution in [0.3, 0.4) is 0 Å². The Balaban J connectivity index is 1.72. The standard InChI is InChI=1S/C30H44ClN3O2S/c1-20(2)28(32-37(36)30(6,7)8)26-17-21(3)9-12-27(26)33-13-15-34(16-14-33)29(35)23(5)18-24-10-11-25(31)19-22(24)4/h9-12,17,19-20,23,28,32H,13-16,18H2,1-8H3/t23-,28+,37?/m1/s1. The first-order valence-electron chi connectivity index (χ1n) is 13.3. The van der Waals surface area contributed by atoms with Gasteiger partial charge in [0.25, 0.3) is 0 Å². The second kappa shape index (κ2) is 12.3. The molecule has 1 amide bonds. The van der Waals surface area contributed by atoms with Crippen LogP contribution in [-0.2, 0) is 22.2 Å². The number of hydrogen-bond donors (Lipinski definition) is 1. The lowest BCUT2D eigenvalue weighted by Crippen LogP contribution is -2.50. The molecule has 0 spiro atoms. The van der Waals surface area contributed by atoms with Crippen LogP contribution in [0.4, 0.5) is 5.69 Å². The number of aryl methyl sites for hydroxylation is 2. The lowest BCUT2D eigenvalue weighted by Gasteiger charge is -2.39. The van der Waals surface area contributed by atoms with Crippen LogP contribution in [0.25, 0.3) is 0 Å². The van der Waals surface area contributed by atoms with Crippen molar-refractivity contribution in [3.05, 3.63) is 63.7 Å². The number of halogens is 1. The maximum Gasteiger partial charge on any atom is 0.225 e. The molecule has 0 saturated carbocycles. The molecule has 7 heteroatoms. The second-order valence-electron chi connectivity index (χ2n) is 11.8. The molecule has 0 bridgehead atoms. The maximum absolute atomic E-state index is 13.3. The highest BCUT2D eigenvalue weighted by atomic mass is 35.5. The first-order chi connectivity index (χ1) is 17.3. The molecule has 3 atom stereocenters. The topological polar surface area (TPSA) is 52.6 Å². The SMILES string of the molecule is Cc1ccc(N2CCN(C(=O)[C@H](C)Cc3ccc(Cl)cc3C)CC2)c([C@@H](NS(=O)C(C)(C)C)C(C)C)c1. The lowest BCUT2D eigenvalue weighted by molar-refractivity contribution is -0.135. The summed E-state index contributed by atoms with van der Waals surface area (Å²) in [5.74, 6) is 0.399. The van der Waals surface area contributed by atoms with Gasteiger partial charge in [-0.05, 0) is 81.8 Å². The van der Waals surface area contributed by atoms with Gasteiger partial charge in [-0.1, -0.05) is 56.1 Å². The summed E-state index contributed by atoms with van der Waals surface area (Å²) >= 11 is 6.10. The van der Waals surface area contributed by atoms with E-state index in [9.17, 15) is 9.00 Å². The number of benzene rings is 2. The zero-order valence-corrected chi connectivity index (χ0v) is 25.3. The smallest absolute Gasteiger partial charge is 0.225 e. The van der Waals surface area contributed by atoms with E-state index >= 15 is 0 Å². The molecule has 0 radical (unpaired) electrons. The third-order valence-electron chi connectivity index (χ3n) is 7.16. The van der Waals surface area contributed by atoms with E-state index in [1.165, 1.54) is 22.4 Å². The van der Waals surface area contributed by atoms with Crippen LogP contribution in [0.2, 0.25) is 5.02 Å². The number of nitrogens with zero attached hydrogens (tertiary/aromatic N) is 2. The molecule has 5 nitrogen and oxygen atoms in total. The quantitative estimate of drug-likeness (QED) is 0.427. The molecule has 1 unspecified atom stereocenters. The molecule has 1 heterocycles. The Labute approximate surface area is 231 Å². The Bertz CT molecular complexity index is 1120. The monoisotopic (exact) mass is 545 g/mol. The minimum absolute atomic E-state index is 0.0303. The van der Waals surface area contributed by atoms with E-state index in [1.54, 1.807) is 0 Å². The number of hydrogen-bond acceptors (Lipinski definition) is 3. The number of rotatable bonds is 8. The van der Waals surface area contributed by atoms with E-state index in [1.807, 2.05) is 57.7 Å². The number of piperazine rings is 1. The Morgan fingerprint density at radius 1 is 1.03 bits per heavy atom. The fourth-order valence-electron chi connectivity index (χ4n) is 4.85. The lowest BCUT2D eigenvalue weighted by atomic mass is 9.93. The van der Waals surface area contributed by atoms with Gasteiger partial charge >= 0.3 is 0 Å². The van der Waals surface area contributed by atoms with Crippen LogP contribution in [0, 0.1) is 25.7 Å². The summed E-state index contributed by atoms with van der Waals surface area (Å²) in [5, 5.41) is 0.728. The van der Waals surface area contributed by atoms with Crippen molar-refractivity contribution < 1.29 is 9.00 Å². The number of amides is 1. The highest BCUT2D eigenvalue weighted by Gasteiger charge is 2.30. The fraction of sp³-hybridized carbons (Fsp3) is 0.567. The minimum atomic E-state index is -1.17. The molecule has 204 valence electrons. The Hall–Kier alpha value is -1.89. The molecule has 2 aromatic carbocycles. The summed E-state index contributed by atoms with van der Waals surface area (Å²) in [4.78, 5) is 17.7. The van der Waals surface area contributed by atoms with Crippen LogP contribution in [0.1, 0.15) is 69.8 Å².